The molecule has 0 spiro atoms. The molecular formula is C10H11N5O2. The van der Waals surface area contributed by atoms with E-state index in [2.05, 4.69) is 15.1 Å². The highest BCUT2D eigenvalue weighted by Crippen LogP contribution is 2.24. The molecule has 0 radical (unpaired) electrons. The highest BCUT2D eigenvalue weighted by Gasteiger charge is 2.18. The molecule has 0 amide bonds. The number of hydrogen-bond acceptors (Lipinski definition) is 5. The second-order valence-electron chi connectivity index (χ2n) is 3.71. The first-order valence-electron chi connectivity index (χ1n) is 5.01. The Labute approximate surface area is 97.3 Å². The van der Waals surface area contributed by atoms with Crippen LogP contribution in [0.25, 0.3) is 0 Å². The summed E-state index contributed by atoms with van der Waals surface area (Å²) >= 11 is 0. The van der Waals surface area contributed by atoms with E-state index < -0.39 is 0 Å². The van der Waals surface area contributed by atoms with Gasteiger partial charge in [0.2, 0.25) is 0 Å². The van der Waals surface area contributed by atoms with E-state index in [-0.39, 0.29) is 10.6 Å². The van der Waals surface area contributed by atoms with Crippen molar-refractivity contribution >= 4 is 5.69 Å². The Hall–Kier alpha value is -2.31. The third kappa shape index (κ3) is 2.12. The molecule has 2 aromatic rings. The summed E-state index contributed by atoms with van der Waals surface area (Å²) < 4.78 is 1.58. The summed E-state index contributed by atoms with van der Waals surface area (Å²) in [5.74, 6) is 0. The second-order valence-corrected chi connectivity index (χ2v) is 3.71. The van der Waals surface area contributed by atoms with Gasteiger partial charge in [0.05, 0.1) is 22.7 Å². The molecule has 2 rings (SSSR count). The van der Waals surface area contributed by atoms with Gasteiger partial charge in [-0.15, -0.1) is 0 Å². The van der Waals surface area contributed by atoms with Crippen molar-refractivity contribution in [2.24, 2.45) is 0 Å². The van der Waals surface area contributed by atoms with Crippen LogP contribution >= 0.6 is 0 Å². The van der Waals surface area contributed by atoms with Crippen molar-refractivity contribution in [1.29, 1.82) is 0 Å². The molecule has 0 aliphatic carbocycles. The van der Waals surface area contributed by atoms with Crippen LogP contribution in [0.3, 0.4) is 0 Å². The van der Waals surface area contributed by atoms with Crippen LogP contribution in [0, 0.1) is 24.0 Å². The van der Waals surface area contributed by atoms with E-state index in [4.69, 9.17) is 0 Å². The lowest BCUT2D eigenvalue weighted by atomic mass is 10.1. The van der Waals surface area contributed by atoms with Gasteiger partial charge < -0.3 is 0 Å². The molecule has 17 heavy (non-hydrogen) atoms. The second kappa shape index (κ2) is 4.28. The number of aromatic nitrogens is 4. The largest absolute Gasteiger partial charge is 0.278 e. The van der Waals surface area contributed by atoms with Crippen molar-refractivity contribution in [2.45, 2.75) is 20.4 Å². The zero-order chi connectivity index (χ0) is 12.4. The molecule has 7 heteroatoms. The average Bonchev–Trinajstić information content (AvgIpc) is 2.74. The van der Waals surface area contributed by atoms with Gasteiger partial charge in [-0.3, -0.25) is 15.1 Å². The molecule has 88 valence electrons. The van der Waals surface area contributed by atoms with E-state index in [1.165, 1.54) is 12.5 Å². The first-order chi connectivity index (χ1) is 8.09. The van der Waals surface area contributed by atoms with Crippen LogP contribution in [0.15, 0.2) is 18.9 Å². The fourth-order valence-electron chi connectivity index (χ4n) is 1.67. The van der Waals surface area contributed by atoms with Gasteiger partial charge in [0.25, 0.3) is 5.69 Å². The number of nitrogens with zero attached hydrogens (tertiary/aromatic N) is 5. The summed E-state index contributed by atoms with van der Waals surface area (Å²) in [4.78, 5) is 18.6. The Kier molecular flexibility index (Phi) is 2.82. The van der Waals surface area contributed by atoms with E-state index >= 15 is 0 Å². The monoisotopic (exact) mass is 233 g/mol. The molecule has 0 bridgehead atoms. The molecule has 0 atom stereocenters. The molecule has 2 aromatic heterocycles. The fraction of sp³-hybridized carbons (Fsp3) is 0.300. The smallest absolute Gasteiger partial charge is 0.258 e. The summed E-state index contributed by atoms with van der Waals surface area (Å²) in [5, 5.41) is 14.9. The Bertz CT molecular complexity index is 550. The maximum Gasteiger partial charge on any atom is 0.278 e. The predicted molar refractivity (Wildman–Crippen MR) is 59.5 cm³/mol. The lowest BCUT2D eigenvalue weighted by Gasteiger charge is -2.07. The maximum atomic E-state index is 10.9. The van der Waals surface area contributed by atoms with Gasteiger partial charge >= 0.3 is 0 Å². The molecule has 0 saturated carbocycles. The highest BCUT2D eigenvalue weighted by atomic mass is 16.6. The Morgan fingerprint density at radius 3 is 2.82 bits per heavy atom. The van der Waals surface area contributed by atoms with Crippen molar-refractivity contribution in [3.63, 3.8) is 0 Å². The minimum absolute atomic E-state index is 0.120. The Balaban J connectivity index is 2.42. The summed E-state index contributed by atoms with van der Waals surface area (Å²) in [6.07, 6.45) is 4.47. The van der Waals surface area contributed by atoms with Crippen LogP contribution in [-0.2, 0) is 6.54 Å². The Morgan fingerprint density at radius 1 is 1.47 bits per heavy atom. The number of rotatable bonds is 3. The summed E-state index contributed by atoms with van der Waals surface area (Å²) in [7, 11) is 0. The molecule has 0 unspecified atom stereocenters. The van der Waals surface area contributed by atoms with Crippen molar-refractivity contribution in [3.05, 3.63) is 45.8 Å². The number of hydrogen-bond donors (Lipinski definition) is 0. The van der Waals surface area contributed by atoms with Gasteiger partial charge in [-0.2, -0.15) is 5.10 Å². The first kappa shape index (κ1) is 11.2. The molecule has 2 heterocycles. The van der Waals surface area contributed by atoms with E-state index in [0.29, 0.717) is 23.4 Å². The highest BCUT2D eigenvalue weighted by molar-refractivity contribution is 5.47. The number of aryl methyl sites for hydroxylation is 1. The molecule has 7 nitrogen and oxygen atoms in total. The minimum atomic E-state index is -0.378. The maximum absolute atomic E-state index is 10.9. The van der Waals surface area contributed by atoms with Gasteiger partial charge in [0.15, 0.2) is 0 Å². The molecular weight excluding hydrogens is 222 g/mol. The molecule has 0 saturated heterocycles. The van der Waals surface area contributed by atoms with Crippen molar-refractivity contribution in [1.82, 2.24) is 19.7 Å². The number of nitro groups is 1. The van der Waals surface area contributed by atoms with Crippen LogP contribution in [0.4, 0.5) is 5.69 Å². The normalized spacial score (nSPS) is 10.5. The predicted octanol–water partition coefficient (Wildman–Crippen LogP) is 1.25. The van der Waals surface area contributed by atoms with Crippen LogP contribution in [-0.4, -0.2) is 24.7 Å². The third-order valence-corrected chi connectivity index (χ3v) is 2.54. The average molecular weight is 233 g/mol. The zero-order valence-electron chi connectivity index (χ0n) is 9.49. The van der Waals surface area contributed by atoms with Crippen LogP contribution in [0.5, 0.6) is 0 Å². The van der Waals surface area contributed by atoms with Gasteiger partial charge in [-0.1, -0.05) is 0 Å². The minimum Gasteiger partial charge on any atom is -0.258 e. The number of pyridine rings is 1. The zero-order valence-corrected chi connectivity index (χ0v) is 9.49. The van der Waals surface area contributed by atoms with Crippen molar-refractivity contribution in [2.75, 3.05) is 0 Å². The van der Waals surface area contributed by atoms with E-state index in [0.717, 1.165) is 0 Å². The molecule has 0 fully saturated rings. The summed E-state index contributed by atoms with van der Waals surface area (Å²) in [5.41, 5.74) is 1.89. The van der Waals surface area contributed by atoms with Crippen molar-refractivity contribution < 1.29 is 4.92 Å². The fourth-order valence-corrected chi connectivity index (χ4v) is 1.67. The molecule has 0 aliphatic rings. The molecule has 0 aromatic carbocycles. The first-order valence-corrected chi connectivity index (χ1v) is 5.01. The van der Waals surface area contributed by atoms with Crippen LogP contribution < -0.4 is 0 Å². The van der Waals surface area contributed by atoms with Crippen LogP contribution in [0.1, 0.15) is 16.8 Å². The van der Waals surface area contributed by atoms with Gasteiger partial charge in [-0.25, -0.2) is 9.67 Å². The topological polar surface area (TPSA) is 86.7 Å². The molecule has 0 N–H and O–H groups in total. The van der Waals surface area contributed by atoms with Gasteiger partial charge in [0.1, 0.15) is 12.7 Å². The van der Waals surface area contributed by atoms with Crippen LogP contribution in [0.2, 0.25) is 0 Å². The lowest BCUT2D eigenvalue weighted by molar-refractivity contribution is -0.386. The Morgan fingerprint density at radius 2 is 2.24 bits per heavy atom. The molecule has 0 aliphatic heterocycles. The van der Waals surface area contributed by atoms with E-state index in [9.17, 15) is 10.1 Å². The van der Waals surface area contributed by atoms with E-state index in [1.807, 2.05) is 0 Å². The van der Waals surface area contributed by atoms with Gasteiger partial charge in [0, 0.05) is 11.8 Å². The third-order valence-electron chi connectivity index (χ3n) is 2.54. The standard InChI is InChI=1S/C10H11N5O2/c1-7-3-12-9(4-14-6-11-5-13-14)8(2)10(7)15(16)17/h3,5-6H,4H2,1-2H3. The summed E-state index contributed by atoms with van der Waals surface area (Å²) in [6, 6.07) is 0. The lowest BCUT2D eigenvalue weighted by Crippen LogP contribution is -2.07. The SMILES string of the molecule is Cc1cnc(Cn2cncn2)c(C)c1[N+](=O)[O-]. The quantitative estimate of drug-likeness (QED) is 0.588. The van der Waals surface area contributed by atoms with Crippen molar-refractivity contribution in [3.8, 4) is 0 Å². The van der Waals surface area contributed by atoms with Gasteiger partial charge in [-0.05, 0) is 13.8 Å². The summed E-state index contributed by atoms with van der Waals surface area (Å²) in [6.45, 7) is 3.76. The van der Waals surface area contributed by atoms with E-state index in [1.54, 1.807) is 24.9 Å².